The quantitative estimate of drug-likeness (QED) is 0.616. The minimum atomic E-state index is -0.723. The van der Waals surface area contributed by atoms with Gasteiger partial charge in [-0.15, -0.1) is 0 Å². The van der Waals surface area contributed by atoms with Crippen LogP contribution in [-0.4, -0.2) is 41.9 Å². The Labute approximate surface area is 89.5 Å². The summed E-state index contributed by atoms with van der Waals surface area (Å²) in [7, 11) is -1.45. The van der Waals surface area contributed by atoms with Crippen LogP contribution in [-0.2, 0) is 0 Å². The van der Waals surface area contributed by atoms with Crippen LogP contribution in [0.15, 0.2) is 0 Å². The molecule has 0 radical (unpaired) electrons. The van der Waals surface area contributed by atoms with Crippen molar-refractivity contribution in [3.8, 4) is 0 Å². The molecule has 0 spiro atoms. The van der Waals surface area contributed by atoms with Gasteiger partial charge in [0.25, 0.3) is 0 Å². The summed E-state index contributed by atoms with van der Waals surface area (Å²) in [6.45, 7) is 10.3. The maximum absolute atomic E-state index is 2.57. The molecule has 0 unspecified atom stereocenters. The van der Waals surface area contributed by atoms with Crippen molar-refractivity contribution in [1.82, 2.24) is 0 Å². The van der Waals surface area contributed by atoms with E-state index in [1.807, 2.05) is 0 Å². The molecule has 1 fully saturated rings. The molecular weight excluding hydrogens is 263 g/mol. The zero-order valence-corrected chi connectivity index (χ0v) is 13.2. The molecule has 1 aliphatic heterocycles. The standard InChI is InChI=1S/C8H20SSeSi2/c1-11(2)5-9-6-12(3,4)8-10-7-11/h5-8H2,1-4H3. The molecule has 0 aliphatic carbocycles. The van der Waals surface area contributed by atoms with Crippen LogP contribution in [0.3, 0.4) is 0 Å². The molecule has 12 heavy (non-hydrogen) atoms. The fourth-order valence-corrected chi connectivity index (χ4v) is 21.2. The van der Waals surface area contributed by atoms with E-state index >= 15 is 0 Å². The Hall–Kier alpha value is 1.30. The Kier molecular flexibility index (Phi) is 4.00. The molecule has 0 N–H and O–H groups in total. The second-order valence-corrected chi connectivity index (χ2v) is 21.8. The molecule has 0 amide bonds. The van der Waals surface area contributed by atoms with Gasteiger partial charge in [-0.25, -0.2) is 0 Å². The van der Waals surface area contributed by atoms with Crippen molar-refractivity contribution in [1.29, 1.82) is 0 Å². The van der Waals surface area contributed by atoms with Gasteiger partial charge in [-0.05, 0) is 0 Å². The van der Waals surface area contributed by atoms with E-state index in [2.05, 4.69) is 37.9 Å². The Morgan fingerprint density at radius 3 is 1.75 bits per heavy atom. The molecule has 1 heterocycles. The van der Waals surface area contributed by atoms with Gasteiger partial charge in [-0.3, -0.25) is 0 Å². The molecule has 0 aromatic carbocycles. The van der Waals surface area contributed by atoms with Gasteiger partial charge in [-0.2, -0.15) is 0 Å². The fourth-order valence-electron chi connectivity index (χ4n) is 1.29. The number of rotatable bonds is 0. The Morgan fingerprint density at radius 1 is 0.917 bits per heavy atom. The molecule has 4 heteroatoms. The molecule has 0 saturated carbocycles. The zero-order chi connectivity index (χ0) is 9.24. The van der Waals surface area contributed by atoms with Gasteiger partial charge in [0.15, 0.2) is 0 Å². The Balaban J connectivity index is 2.45. The summed E-state index contributed by atoms with van der Waals surface area (Å²) in [6, 6.07) is 0. The normalized spacial score (nSPS) is 29.0. The molecule has 0 atom stereocenters. The molecule has 0 aromatic heterocycles. The van der Waals surface area contributed by atoms with Crippen molar-refractivity contribution in [3.63, 3.8) is 0 Å². The van der Waals surface area contributed by atoms with Crippen LogP contribution < -0.4 is 0 Å². The second-order valence-electron chi connectivity index (χ2n) is 5.31. The van der Waals surface area contributed by atoms with Crippen molar-refractivity contribution in [2.45, 2.75) is 36.1 Å². The summed E-state index contributed by atoms with van der Waals surface area (Å²) in [4.78, 5) is 3.28. The van der Waals surface area contributed by atoms with Crippen LogP contribution in [0.2, 0.25) is 36.1 Å². The van der Waals surface area contributed by atoms with Crippen molar-refractivity contribution in [3.05, 3.63) is 0 Å². The van der Waals surface area contributed by atoms with E-state index in [1.54, 1.807) is 9.89 Å². The molecular formula is C8H20SSeSi2. The molecule has 0 bridgehead atoms. The average molecular weight is 283 g/mol. The average Bonchev–Trinajstić information content (AvgIpc) is 1.82. The van der Waals surface area contributed by atoms with Crippen molar-refractivity contribution >= 4 is 42.9 Å². The molecule has 72 valence electrons. The van der Waals surface area contributed by atoms with Crippen LogP contribution >= 0.6 is 11.8 Å². The minimum absolute atomic E-state index is 0.723. The third-order valence-corrected chi connectivity index (χ3v) is 24.2. The molecule has 1 saturated heterocycles. The van der Waals surface area contributed by atoms with Crippen LogP contribution in [0.1, 0.15) is 0 Å². The van der Waals surface area contributed by atoms with E-state index in [0.717, 1.165) is 15.0 Å². The number of hydrogen-bond donors (Lipinski definition) is 0. The summed E-state index contributed by atoms with van der Waals surface area (Å²) < 4.78 is 0. The third-order valence-electron chi connectivity index (χ3n) is 1.97. The van der Waals surface area contributed by atoms with Crippen LogP contribution in [0, 0.1) is 0 Å². The Morgan fingerprint density at radius 2 is 1.33 bits per heavy atom. The second kappa shape index (κ2) is 4.22. The van der Waals surface area contributed by atoms with Crippen molar-refractivity contribution in [2.75, 3.05) is 10.8 Å². The summed E-state index contributed by atoms with van der Waals surface area (Å²) in [5.41, 5.74) is 0. The SMILES string of the molecule is C[Si]1(C)CSC[Si](C)(C)C[Se]C1. The van der Waals surface area contributed by atoms with E-state index in [9.17, 15) is 0 Å². The molecule has 1 rings (SSSR count). The first kappa shape index (κ1) is 11.4. The predicted octanol–water partition coefficient (Wildman–Crippen LogP) is 2.85. The molecule has 0 nitrogen and oxygen atoms in total. The summed E-state index contributed by atoms with van der Waals surface area (Å²) in [5, 5.41) is 3.07. The van der Waals surface area contributed by atoms with Gasteiger partial charge in [0.2, 0.25) is 0 Å². The van der Waals surface area contributed by atoms with Gasteiger partial charge in [-0.1, -0.05) is 0 Å². The van der Waals surface area contributed by atoms with Crippen molar-refractivity contribution < 1.29 is 0 Å². The number of thioether (sulfide) groups is 1. The summed E-state index contributed by atoms with van der Waals surface area (Å²) in [6.07, 6.45) is 0. The maximum atomic E-state index is 2.57. The van der Waals surface area contributed by atoms with Crippen LogP contribution in [0.25, 0.3) is 0 Å². The zero-order valence-electron chi connectivity index (χ0n) is 8.64. The van der Waals surface area contributed by atoms with E-state index in [-0.39, 0.29) is 0 Å². The van der Waals surface area contributed by atoms with Gasteiger partial charge in [0, 0.05) is 0 Å². The van der Waals surface area contributed by atoms with Gasteiger partial charge in [0.1, 0.15) is 0 Å². The fraction of sp³-hybridized carbons (Fsp3) is 1.00. The third kappa shape index (κ3) is 4.01. The first-order valence-corrected chi connectivity index (χ1v) is 15.0. The van der Waals surface area contributed by atoms with Gasteiger partial charge >= 0.3 is 89.7 Å². The monoisotopic (exact) mass is 284 g/mol. The molecule has 0 aromatic rings. The van der Waals surface area contributed by atoms with Gasteiger partial charge in [0.05, 0.1) is 0 Å². The predicted molar refractivity (Wildman–Crippen MR) is 67.7 cm³/mol. The van der Waals surface area contributed by atoms with E-state index in [4.69, 9.17) is 0 Å². The summed E-state index contributed by atoms with van der Waals surface area (Å²) >= 11 is 3.28. The van der Waals surface area contributed by atoms with Crippen LogP contribution in [0.4, 0.5) is 0 Å². The first-order chi connectivity index (χ1) is 5.41. The van der Waals surface area contributed by atoms with Crippen molar-refractivity contribution in [2.24, 2.45) is 0 Å². The summed E-state index contributed by atoms with van der Waals surface area (Å²) in [5.74, 6) is 0. The number of hydrogen-bond acceptors (Lipinski definition) is 1. The van der Waals surface area contributed by atoms with E-state index in [0.29, 0.717) is 0 Å². The Bertz CT molecular complexity index is 129. The first-order valence-electron chi connectivity index (χ1n) is 4.57. The van der Waals surface area contributed by atoms with E-state index in [1.165, 1.54) is 10.8 Å². The topological polar surface area (TPSA) is 0 Å². The van der Waals surface area contributed by atoms with E-state index < -0.39 is 16.1 Å². The van der Waals surface area contributed by atoms with Gasteiger partial charge < -0.3 is 0 Å². The molecule has 1 aliphatic rings. The van der Waals surface area contributed by atoms with Crippen LogP contribution in [0.5, 0.6) is 0 Å².